The predicted molar refractivity (Wildman–Crippen MR) is 101 cm³/mol. The van der Waals surface area contributed by atoms with Crippen LogP contribution in [0.5, 0.6) is 0 Å². The summed E-state index contributed by atoms with van der Waals surface area (Å²) in [6.07, 6.45) is 6.48. The molecular weight excluding hydrogens is 330 g/mol. The summed E-state index contributed by atoms with van der Waals surface area (Å²) in [6, 6.07) is 9.25. The van der Waals surface area contributed by atoms with E-state index in [1.165, 1.54) is 11.8 Å². The van der Waals surface area contributed by atoms with Gasteiger partial charge in [0.25, 0.3) is 5.91 Å². The first-order valence-electron chi connectivity index (χ1n) is 9.22. The lowest BCUT2D eigenvalue weighted by atomic mass is 10.1. The summed E-state index contributed by atoms with van der Waals surface area (Å²) in [4.78, 5) is 26.6. The van der Waals surface area contributed by atoms with E-state index in [1.807, 2.05) is 24.3 Å². The van der Waals surface area contributed by atoms with Gasteiger partial charge in [0, 0.05) is 18.2 Å². The standard InChI is InChI=1S/C20H27N3O3/c1-3-5-7-16-8-10-17(11-9-16)20(25)23(13-6-4-2)15-19(24)21-18-12-14-26-22-18/h8-12,14H,3-7,13,15H2,1-2H3,(H,21,22,24). The maximum absolute atomic E-state index is 12.8. The Labute approximate surface area is 154 Å². The van der Waals surface area contributed by atoms with E-state index in [0.29, 0.717) is 17.9 Å². The Morgan fingerprint density at radius 1 is 1.08 bits per heavy atom. The average molecular weight is 357 g/mol. The third kappa shape index (κ3) is 6.02. The van der Waals surface area contributed by atoms with Gasteiger partial charge in [-0.05, 0) is 37.0 Å². The van der Waals surface area contributed by atoms with Crippen LogP contribution in [0.4, 0.5) is 5.82 Å². The highest BCUT2D eigenvalue weighted by atomic mass is 16.5. The van der Waals surface area contributed by atoms with Crippen LogP contribution in [0.3, 0.4) is 0 Å². The summed E-state index contributed by atoms with van der Waals surface area (Å²) in [5.41, 5.74) is 1.84. The highest BCUT2D eigenvalue weighted by Crippen LogP contribution is 2.11. The zero-order valence-corrected chi connectivity index (χ0v) is 15.5. The molecule has 0 unspecified atom stereocenters. The molecule has 0 saturated carbocycles. The molecule has 0 bridgehead atoms. The fraction of sp³-hybridized carbons (Fsp3) is 0.450. The van der Waals surface area contributed by atoms with Crippen molar-refractivity contribution in [3.05, 3.63) is 47.7 Å². The largest absolute Gasteiger partial charge is 0.363 e. The first-order valence-corrected chi connectivity index (χ1v) is 9.22. The molecular formula is C20H27N3O3. The molecule has 2 aromatic rings. The SMILES string of the molecule is CCCCc1ccc(C(=O)N(CCCC)CC(=O)Nc2ccon2)cc1. The fourth-order valence-electron chi connectivity index (χ4n) is 2.61. The van der Waals surface area contributed by atoms with Gasteiger partial charge in [-0.15, -0.1) is 0 Å². The van der Waals surface area contributed by atoms with Crippen molar-refractivity contribution in [2.45, 2.75) is 46.0 Å². The van der Waals surface area contributed by atoms with Gasteiger partial charge in [-0.25, -0.2) is 0 Å². The number of aryl methyl sites for hydroxylation is 1. The summed E-state index contributed by atoms with van der Waals surface area (Å²) in [7, 11) is 0. The molecule has 0 aliphatic rings. The van der Waals surface area contributed by atoms with Crippen molar-refractivity contribution in [3.8, 4) is 0 Å². The number of anilines is 1. The number of nitrogens with zero attached hydrogens (tertiary/aromatic N) is 2. The van der Waals surface area contributed by atoms with Crippen LogP contribution < -0.4 is 5.32 Å². The van der Waals surface area contributed by atoms with Crippen LogP contribution in [0.25, 0.3) is 0 Å². The molecule has 6 nitrogen and oxygen atoms in total. The minimum Gasteiger partial charge on any atom is -0.363 e. The van der Waals surface area contributed by atoms with Crippen LogP contribution in [0.15, 0.2) is 41.1 Å². The second kappa shape index (κ2) is 10.4. The third-order valence-corrected chi connectivity index (χ3v) is 4.13. The van der Waals surface area contributed by atoms with E-state index in [9.17, 15) is 9.59 Å². The van der Waals surface area contributed by atoms with E-state index in [4.69, 9.17) is 4.52 Å². The molecule has 0 saturated heterocycles. The van der Waals surface area contributed by atoms with Gasteiger partial charge in [0.1, 0.15) is 12.8 Å². The molecule has 1 heterocycles. The highest BCUT2D eigenvalue weighted by Gasteiger charge is 2.19. The Morgan fingerprint density at radius 2 is 1.81 bits per heavy atom. The van der Waals surface area contributed by atoms with Crippen molar-refractivity contribution < 1.29 is 14.1 Å². The zero-order chi connectivity index (χ0) is 18.8. The van der Waals surface area contributed by atoms with Crippen molar-refractivity contribution in [3.63, 3.8) is 0 Å². The number of unbranched alkanes of at least 4 members (excludes halogenated alkanes) is 2. The monoisotopic (exact) mass is 357 g/mol. The Hall–Kier alpha value is -2.63. The Kier molecular flexibility index (Phi) is 7.86. The normalized spacial score (nSPS) is 10.5. The predicted octanol–water partition coefficient (Wildman–Crippen LogP) is 3.90. The fourth-order valence-corrected chi connectivity index (χ4v) is 2.61. The molecule has 2 rings (SSSR count). The molecule has 0 atom stereocenters. The lowest BCUT2D eigenvalue weighted by molar-refractivity contribution is -0.117. The molecule has 0 fully saturated rings. The van der Waals surface area contributed by atoms with E-state index < -0.39 is 0 Å². The van der Waals surface area contributed by atoms with E-state index in [-0.39, 0.29) is 18.4 Å². The number of rotatable bonds is 10. The van der Waals surface area contributed by atoms with E-state index >= 15 is 0 Å². The number of hydrogen-bond donors (Lipinski definition) is 1. The van der Waals surface area contributed by atoms with Crippen LogP contribution in [-0.2, 0) is 11.2 Å². The lowest BCUT2D eigenvalue weighted by Crippen LogP contribution is -2.38. The van der Waals surface area contributed by atoms with E-state index in [1.54, 1.807) is 11.0 Å². The van der Waals surface area contributed by atoms with Crippen molar-refractivity contribution in [2.75, 3.05) is 18.4 Å². The van der Waals surface area contributed by atoms with Gasteiger partial charge >= 0.3 is 0 Å². The molecule has 1 N–H and O–H groups in total. The molecule has 2 amide bonds. The molecule has 1 aromatic carbocycles. The third-order valence-electron chi connectivity index (χ3n) is 4.13. The first kappa shape index (κ1) is 19.7. The number of hydrogen-bond acceptors (Lipinski definition) is 4. The maximum atomic E-state index is 12.8. The molecule has 0 aliphatic carbocycles. The van der Waals surface area contributed by atoms with Crippen LogP contribution in [-0.4, -0.2) is 35.0 Å². The van der Waals surface area contributed by atoms with Gasteiger partial charge in [-0.3, -0.25) is 9.59 Å². The van der Waals surface area contributed by atoms with Gasteiger partial charge in [0.05, 0.1) is 0 Å². The maximum Gasteiger partial charge on any atom is 0.254 e. The van der Waals surface area contributed by atoms with Gasteiger partial charge in [0.2, 0.25) is 5.91 Å². The number of amides is 2. The summed E-state index contributed by atoms with van der Waals surface area (Å²) in [6.45, 7) is 4.75. The van der Waals surface area contributed by atoms with E-state index in [0.717, 1.165) is 32.1 Å². The molecule has 0 spiro atoms. The quantitative estimate of drug-likeness (QED) is 0.700. The van der Waals surface area contributed by atoms with Gasteiger partial charge in [-0.1, -0.05) is 44.0 Å². The highest BCUT2D eigenvalue weighted by molar-refractivity contribution is 5.99. The van der Waals surface area contributed by atoms with Crippen molar-refractivity contribution in [2.24, 2.45) is 0 Å². The average Bonchev–Trinajstić information content (AvgIpc) is 3.16. The number of aromatic nitrogens is 1. The van der Waals surface area contributed by atoms with E-state index in [2.05, 4.69) is 24.3 Å². The number of carbonyl (C=O) groups excluding carboxylic acids is 2. The van der Waals surface area contributed by atoms with Crippen molar-refractivity contribution >= 4 is 17.6 Å². The Morgan fingerprint density at radius 3 is 2.42 bits per heavy atom. The van der Waals surface area contributed by atoms with Crippen molar-refractivity contribution in [1.82, 2.24) is 10.1 Å². The van der Waals surface area contributed by atoms with Gasteiger partial charge < -0.3 is 14.7 Å². The molecule has 0 aliphatic heterocycles. The lowest BCUT2D eigenvalue weighted by Gasteiger charge is -2.22. The smallest absolute Gasteiger partial charge is 0.254 e. The van der Waals surface area contributed by atoms with Crippen LogP contribution >= 0.6 is 0 Å². The molecule has 0 radical (unpaired) electrons. The summed E-state index contributed by atoms with van der Waals surface area (Å²) >= 11 is 0. The summed E-state index contributed by atoms with van der Waals surface area (Å²) < 4.78 is 4.70. The second-order valence-corrected chi connectivity index (χ2v) is 6.31. The summed E-state index contributed by atoms with van der Waals surface area (Å²) in [5, 5.41) is 6.28. The van der Waals surface area contributed by atoms with Crippen molar-refractivity contribution in [1.29, 1.82) is 0 Å². The number of nitrogens with one attached hydrogen (secondary N) is 1. The minimum atomic E-state index is -0.289. The number of benzene rings is 1. The van der Waals surface area contributed by atoms with Crippen LogP contribution in [0.2, 0.25) is 0 Å². The Bertz CT molecular complexity index is 681. The van der Waals surface area contributed by atoms with Gasteiger partial charge in [-0.2, -0.15) is 0 Å². The Balaban J connectivity index is 2.01. The second-order valence-electron chi connectivity index (χ2n) is 6.31. The molecule has 26 heavy (non-hydrogen) atoms. The van der Waals surface area contributed by atoms with Gasteiger partial charge in [0.15, 0.2) is 5.82 Å². The molecule has 1 aromatic heterocycles. The zero-order valence-electron chi connectivity index (χ0n) is 15.5. The molecule has 6 heteroatoms. The number of carbonyl (C=O) groups is 2. The molecule has 140 valence electrons. The topological polar surface area (TPSA) is 75.4 Å². The summed E-state index contributed by atoms with van der Waals surface area (Å²) in [5.74, 6) is -0.0723. The van der Waals surface area contributed by atoms with Crippen LogP contribution in [0, 0.1) is 0 Å². The first-order chi connectivity index (χ1) is 12.6. The minimum absolute atomic E-state index is 0.0106. The van der Waals surface area contributed by atoms with Crippen LogP contribution in [0.1, 0.15) is 55.5 Å².